The zero-order chi connectivity index (χ0) is 25.7. The quantitative estimate of drug-likeness (QED) is 0.368. The molecule has 0 atom stereocenters. The van der Waals surface area contributed by atoms with E-state index >= 15 is 0 Å². The van der Waals surface area contributed by atoms with Gasteiger partial charge in [0, 0.05) is 31.0 Å². The van der Waals surface area contributed by atoms with Crippen molar-refractivity contribution >= 4 is 17.5 Å². The number of halogens is 1. The number of rotatable bonds is 9. The number of amides is 1. The van der Waals surface area contributed by atoms with Crippen LogP contribution in [0.4, 0.5) is 0 Å². The fourth-order valence-corrected chi connectivity index (χ4v) is 3.67. The van der Waals surface area contributed by atoms with Crippen molar-refractivity contribution in [1.29, 1.82) is 0 Å². The second-order valence-corrected chi connectivity index (χ2v) is 8.46. The lowest BCUT2D eigenvalue weighted by Crippen LogP contribution is -2.41. The van der Waals surface area contributed by atoms with Crippen LogP contribution in [0.1, 0.15) is 37.3 Å². The fraction of sp³-hybridized carbons (Fsp3) is 0.280. The van der Waals surface area contributed by atoms with Gasteiger partial charge in [0.05, 0.1) is 5.69 Å². The van der Waals surface area contributed by atoms with Crippen LogP contribution in [0.15, 0.2) is 62.6 Å². The Morgan fingerprint density at radius 2 is 1.72 bits per heavy atom. The van der Waals surface area contributed by atoms with Crippen molar-refractivity contribution in [3.8, 4) is 17.2 Å². The molecule has 0 radical (unpaired) electrons. The van der Waals surface area contributed by atoms with Gasteiger partial charge in [0.25, 0.3) is 5.56 Å². The van der Waals surface area contributed by atoms with Crippen LogP contribution < -0.4 is 16.6 Å². The van der Waals surface area contributed by atoms with Crippen LogP contribution in [0.2, 0.25) is 5.02 Å². The van der Waals surface area contributed by atoms with Gasteiger partial charge in [-0.15, -0.1) is 0 Å². The standard InChI is InChI=1S/C25H25ClN6O4/c1-3-16-5-7-17(8-6-16)15-27-20(33)13-14-21-28-23(30-36-21)22-24(34)31(4-2)25(35)32(29-22)19-11-9-18(26)10-12-19/h5-12H,3-4,13-15H2,1-2H3,(H,27,33). The maximum absolute atomic E-state index is 12.9. The third-order valence-corrected chi connectivity index (χ3v) is 5.87. The highest BCUT2D eigenvalue weighted by atomic mass is 35.5. The summed E-state index contributed by atoms with van der Waals surface area (Å²) in [5, 5.41) is 11.4. The van der Waals surface area contributed by atoms with Crippen molar-refractivity contribution in [3.05, 3.63) is 91.4 Å². The molecule has 0 aliphatic rings. The Bertz CT molecular complexity index is 1470. The summed E-state index contributed by atoms with van der Waals surface area (Å²) < 4.78 is 7.37. The number of aryl methyl sites for hydroxylation is 2. The fourth-order valence-electron chi connectivity index (χ4n) is 3.54. The van der Waals surface area contributed by atoms with E-state index in [9.17, 15) is 14.4 Å². The maximum atomic E-state index is 12.9. The Morgan fingerprint density at radius 3 is 2.39 bits per heavy atom. The number of nitrogens with zero attached hydrogens (tertiary/aromatic N) is 5. The first-order valence-electron chi connectivity index (χ1n) is 11.6. The Morgan fingerprint density at radius 1 is 1.03 bits per heavy atom. The smallest absolute Gasteiger partial charge is 0.352 e. The van der Waals surface area contributed by atoms with E-state index in [0.717, 1.165) is 21.2 Å². The normalized spacial score (nSPS) is 11.0. The molecular weight excluding hydrogens is 484 g/mol. The Hall–Kier alpha value is -4.05. The molecule has 36 heavy (non-hydrogen) atoms. The van der Waals surface area contributed by atoms with Gasteiger partial charge >= 0.3 is 5.69 Å². The van der Waals surface area contributed by atoms with E-state index in [0.29, 0.717) is 17.3 Å². The van der Waals surface area contributed by atoms with Gasteiger partial charge < -0.3 is 9.84 Å². The molecule has 2 aromatic carbocycles. The van der Waals surface area contributed by atoms with Gasteiger partial charge in [-0.2, -0.15) is 14.8 Å². The largest absolute Gasteiger partial charge is 0.352 e. The van der Waals surface area contributed by atoms with E-state index < -0.39 is 11.2 Å². The highest BCUT2D eigenvalue weighted by Gasteiger charge is 2.20. The van der Waals surface area contributed by atoms with Crippen LogP contribution in [0, 0.1) is 0 Å². The molecule has 186 valence electrons. The lowest BCUT2D eigenvalue weighted by atomic mass is 10.1. The Balaban J connectivity index is 1.48. The molecule has 4 aromatic rings. The van der Waals surface area contributed by atoms with E-state index in [4.69, 9.17) is 16.1 Å². The summed E-state index contributed by atoms with van der Waals surface area (Å²) in [5.74, 6) is -0.0469. The molecule has 2 aromatic heterocycles. The first-order chi connectivity index (χ1) is 17.4. The summed E-state index contributed by atoms with van der Waals surface area (Å²) in [7, 11) is 0. The van der Waals surface area contributed by atoms with E-state index in [1.807, 2.05) is 24.3 Å². The molecule has 0 aliphatic carbocycles. The van der Waals surface area contributed by atoms with Crippen LogP contribution >= 0.6 is 11.6 Å². The van der Waals surface area contributed by atoms with Crippen molar-refractivity contribution in [2.24, 2.45) is 0 Å². The molecule has 0 unspecified atom stereocenters. The number of hydrogen-bond acceptors (Lipinski definition) is 7. The summed E-state index contributed by atoms with van der Waals surface area (Å²) in [5.41, 5.74) is 1.31. The van der Waals surface area contributed by atoms with Crippen molar-refractivity contribution in [2.45, 2.75) is 46.2 Å². The van der Waals surface area contributed by atoms with Crippen molar-refractivity contribution < 1.29 is 9.32 Å². The first-order valence-corrected chi connectivity index (χ1v) is 11.9. The number of hydrogen-bond donors (Lipinski definition) is 1. The minimum Gasteiger partial charge on any atom is -0.352 e. The van der Waals surface area contributed by atoms with Crippen LogP contribution in [-0.4, -0.2) is 30.4 Å². The molecule has 0 fully saturated rings. The predicted molar refractivity (Wildman–Crippen MR) is 134 cm³/mol. The molecule has 0 spiro atoms. The third kappa shape index (κ3) is 5.60. The van der Waals surface area contributed by atoms with Gasteiger partial charge in [-0.1, -0.05) is 47.9 Å². The van der Waals surface area contributed by atoms with E-state index in [1.54, 1.807) is 31.2 Å². The summed E-state index contributed by atoms with van der Waals surface area (Å²) >= 11 is 5.94. The van der Waals surface area contributed by atoms with E-state index in [2.05, 4.69) is 27.5 Å². The molecule has 11 heteroatoms. The zero-order valence-corrected chi connectivity index (χ0v) is 20.7. The molecule has 1 N–H and O–H groups in total. The average Bonchev–Trinajstić information content (AvgIpc) is 3.36. The molecule has 4 rings (SSSR count). The number of nitrogens with one attached hydrogen (secondary N) is 1. The highest BCUT2D eigenvalue weighted by Crippen LogP contribution is 2.14. The highest BCUT2D eigenvalue weighted by molar-refractivity contribution is 6.30. The molecule has 2 heterocycles. The molecule has 1 amide bonds. The van der Waals surface area contributed by atoms with Crippen molar-refractivity contribution in [3.63, 3.8) is 0 Å². The van der Waals surface area contributed by atoms with Crippen LogP contribution in [0.5, 0.6) is 0 Å². The van der Waals surface area contributed by atoms with Gasteiger partial charge in [-0.3, -0.25) is 14.2 Å². The minimum atomic E-state index is -0.633. The van der Waals surface area contributed by atoms with Crippen molar-refractivity contribution in [1.82, 2.24) is 29.8 Å². The predicted octanol–water partition coefficient (Wildman–Crippen LogP) is 2.93. The topological polar surface area (TPSA) is 125 Å². The Kier molecular flexibility index (Phi) is 7.74. The summed E-state index contributed by atoms with van der Waals surface area (Å²) in [6.07, 6.45) is 1.28. The van der Waals surface area contributed by atoms with Crippen LogP contribution in [-0.2, 0) is 30.7 Å². The van der Waals surface area contributed by atoms with E-state index in [1.165, 1.54) is 5.56 Å². The average molecular weight is 509 g/mol. The third-order valence-electron chi connectivity index (χ3n) is 5.61. The number of carbonyl (C=O) groups is 1. The maximum Gasteiger partial charge on any atom is 0.352 e. The van der Waals surface area contributed by atoms with Gasteiger partial charge in [0.15, 0.2) is 5.69 Å². The Labute approximate surface area is 211 Å². The lowest BCUT2D eigenvalue weighted by molar-refractivity contribution is -0.121. The van der Waals surface area contributed by atoms with Crippen molar-refractivity contribution in [2.75, 3.05) is 0 Å². The molecular formula is C25H25ClN6O4. The van der Waals surface area contributed by atoms with Gasteiger partial charge in [0.1, 0.15) is 0 Å². The second-order valence-electron chi connectivity index (χ2n) is 8.03. The monoisotopic (exact) mass is 508 g/mol. The zero-order valence-electron chi connectivity index (χ0n) is 19.9. The molecule has 0 aliphatic heterocycles. The summed E-state index contributed by atoms with van der Waals surface area (Å²) in [6.45, 7) is 4.32. The second kappa shape index (κ2) is 11.1. The number of benzene rings is 2. The minimum absolute atomic E-state index is 0.0589. The summed E-state index contributed by atoms with van der Waals surface area (Å²) in [4.78, 5) is 42.2. The van der Waals surface area contributed by atoms with E-state index in [-0.39, 0.29) is 42.7 Å². The van der Waals surface area contributed by atoms with Gasteiger partial charge in [-0.05, 0) is 48.7 Å². The SMILES string of the molecule is CCc1ccc(CNC(=O)CCc2nc(-c3nn(-c4ccc(Cl)cc4)c(=O)n(CC)c3=O)no2)cc1. The van der Waals surface area contributed by atoms with Crippen LogP contribution in [0.25, 0.3) is 17.2 Å². The number of aromatic nitrogens is 5. The lowest BCUT2D eigenvalue weighted by Gasteiger charge is -2.09. The molecule has 0 saturated heterocycles. The molecule has 0 bridgehead atoms. The van der Waals surface area contributed by atoms with Crippen LogP contribution in [0.3, 0.4) is 0 Å². The molecule has 10 nitrogen and oxygen atoms in total. The first kappa shape index (κ1) is 25.1. The molecule has 0 saturated carbocycles. The van der Waals surface area contributed by atoms with Gasteiger partial charge in [0.2, 0.25) is 17.6 Å². The number of carbonyl (C=O) groups excluding carboxylic acids is 1. The van der Waals surface area contributed by atoms with Gasteiger partial charge in [-0.25, -0.2) is 4.79 Å². The summed E-state index contributed by atoms with van der Waals surface area (Å²) in [6, 6.07) is 14.5.